The van der Waals surface area contributed by atoms with Gasteiger partial charge >= 0.3 is 0 Å². The van der Waals surface area contributed by atoms with Crippen LogP contribution in [0.3, 0.4) is 0 Å². The van der Waals surface area contributed by atoms with Crippen molar-refractivity contribution in [3.05, 3.63) is 46.5 Å². The van der Waals surface area contributed by atoms with Gasteiger partial charge in [-0.3, -0.25) is 5.41 Å². The summed E-state index contributed by atoms with van der Waals surface area (Å²) in [6.07, 6.45) is 5.20. The Bertz CT molecular complexity index is 1130. The Hall–Kier alpha value is -1.62. The molecule has 3 N–H and O–H groups in total. The van der Waals surface area contributed by atoms with Crippen LogP contribution in [0, 0.1) is 5.41 Å². The van der Waals surface area contributed by atoms with Gasteiger partial charge < -0.3 is 10.3 Å². The van der Waals surface area contributed by atoms with Crippen LogP contribution in [0.15, 0.2) is 55.7 Å². The van der Waals surface area contributed by atoms with Gasteiger partial charge in [-0.25, -0.2) is 13.4 Å². The zero-order chi connectivity index (χ0) is 19.1. The van der Waals surface area contributed by atoms with Crippen molar-refractivity contribution >= 4 is 65.7 Å². The van der Waals surface area contributed by atoms with E-state index in [-0.39, 0.29) is 15.6 Å². The van der Waals surface area contributed by atoms with Gasteiger partial charge in [-0.2, -0.15) is 0 Å². The second-order valence-electron chi connectivity index (χ2n) is 5.34. The Labute approximate surface area is 167 Å². The van der Waals surface area contributed by atoms with Crippen LogP contribution in [0.4, 0.5) is 0 Å². The lowest BCUT2D eigenvalue weighted by atomic mass is 10.3. The van der Waals surface area contributed by atoms with E-state index in [9.17, 15) is 8.42 Å². The van der Waals surface area contributed by atoms with Crippen LogP contribution in [-0.2, 0) is 16.4 Å². The summed E-state index contributed by atoms with van der Waals surface area (Å²) in [6.45, 7) is 4.29. The summed E-state index contributed by atoms with van der Waals surface area (Å²) in [5.41, 5.74) is 6.91. The van der Waals surface area contributed by atoms with Crippen molar-refractivity contribution in [3.8, 4) is 0 Å². The van der Waals surface area contributed by atoms with Gasteiger partial charge in [0.1, 0.15) is 5.84 Å². The standard InChI is InChI=1S/C16H15BrN4O2S3/c1-3-4-21-8-20-11-6-9(5-10(17)14(11)21)26(22,23)13-7-12(15(18)19)25-16(13)24-2/h3,5-8H,1,4H2,2H3,(H3,18,19). The van der Waals surface area contributed by atoms with E-state index >= 15 is 0 Å². The van der Waals surface area contributed by atoms with Gasteiger partial charge in [-0.05, 0) is 40.4 Å². The van der Waals surface area contributed by atoms with Crippen molar-refractivity contribution in [1.82, 2.24) is 9.55 Å². The minimum absolute atomic E-state index is 0.143. The average molecular weight is 471 g/mol. The average Bonchev–Trinajstić information content (AvgIpc) is 3.20. The van der Waals surface area contributed by atoms with E-state index in [0.717, 1.165) is 5.52 Å². The predicted octanol–water partition coefficient (Wildman–Crippen LogP) is 3.89. The molecule has 0 saturated carbocycles. The topological polar surface area (TPSA) is 102 Å². The fourth-order valence-electron chi connectivity index (χ4n) is 2.51. The summed E-state index contributed by atoms with van der Waals surface area (Å²) in [7, 11) is -3.77. The summed E-state index contributed by atoms with van der Waals surface area (Å²) in [5, 5.41) is 7.57. The summed E-state index contributed by atoms with van der Waals surface area (Å²) < 4.78 is 29.5. The van der Waals surface area contributed by atoms with Crippen LogP contribution in [0.1, 0.15) is 4.88 Å². The van der Waals surface area contributed by atoms with Gasteiger partial charge in [0.2, 0.25) is 9.84 Å². The first kappa shape index (κ1) is 19.2. The summed E-state index contributed by atoms with van der Waals surface area (Å²) in [6, 6.07) is 4.60. The molecule has 2 aromatic heterocycles. The second-order valence-corrected chi connectivity index (χ2v) is 10.2. The summed E-state index contributed by atoms with van der Waals surface area (Å²) in [5.74, 6) is -0.147. The van der Waals surface area contributed by atoms with Crippen LogP contribution in [-0.4, -0.2) is 30.1 Å². The number of fused-ring (bicyclic) bond motifs is 1. The Kier molecular flexibility index (Phi) is 5.29. The van der Waals surface area contributed by atoms with Gasteiger partial charge in [0.05, 0.1) is 36.2 Å². The number of aromatic nitrogens is 2. The highest BCUT2D eigenvalue weighted by Gasteiger charge is 2.26. The molecule has 1 aromatic carbocycles. The van der Waals surface area contributed by atoms with Gasteiger partial charge in [-0.15, -0.1) is 29.7 Å². The van der Waals surface area contributed by atoms with E-state index in [1.165, 1.54) is 29.2 Å². The number of nitrogens with two attached hydrogens (primary N) is 1. The van der Waals surface area contributed by atoms with Crippen molar-refractivity contribution in [2.75, 3.05) is 6.26 Å². The molecule has 0 unspecified atom stereocenters. The number of halogens is 1. The fraction of sp³-hybridized carbons (Fsp3) is 0.125. The molecule has 0 aliphatic carbocycles. The molecule has 3 rings (SSSR count). The highest BCUT2D eigenvalue weighted by molar-refractivity contribution is 9.10. The molecule has 0 spiro atoms. The maximum absolute atomic E-state index is 13.2. The normalized spacial score (nSPS) is 11.8. The fourth-order valence-corrected chi connectivity index (χ4v) is 7.24. The highest BCUT2D eigenvalue weighted by atomic mass is 79.9. The lowest BCUT2D eigenvalue weighted by Gasteiger charge is -2.07. The van der Waals surface area contributed by atoms with Crippen molar-refractivity contribution in [2.45, 2.75) is 20.5 Å². The smallest absolute Gasteiger partial charge is 0.208 e. The van der Waals surface area contributed by atoms with Crippen LogP contribution < -0.4 is 5.73 Å². The number of thioether (sulfide) groups is 1. The van der Waals surface area contributed by atoms with Gasteiger partial charge in [-0.1, -0.05) is 6.08 Å². The number of nitrogens with one attached hydrogen (secondary N) is 1. The van der Waals surface area contributed by atoms with Crippen LogP contribution >= 0.6 is 39.0 Å². The number of amidine groups is 1. The van der Waals surface area contributed by atoms with Crippen molar-refractivity contribution < 1.29 is 8.42 Å². The first-order valence-corrected chi connectivity index (χ1v) is 11.6. The van der Waals surface area contributed by atoms with E-state index in [2.05, 4.69) is 27.5 Å². The van der Waals surface area contributed by atoms with E-state index in [1.807, 2.05) is 4.57 Å². The van der Waals surface area contributed by atoms with Crippen LogP contribution in [0.5, 0.6) is 0 Å². The number of rotatable bonds is 6. The van der Waals surface area contributed by atoms with Crippen LogP contribution in [0.25, 0.3) is 11.0 Å². The van der Waals surface area contributed by atoms with E-state index in [0.29, 0.717) is 25.6 Å². The number of thiophene rings is 1. The molecule has 3 aromatic rings. The first-order chi connectivity index (χ1) is 12.3. The Morgan fingerprint density at radius 2 is 2.23 bits per heavy atom. The Balaban J connectivity index is 2.19. The molecule has 0 bridgehead atoms. The van der Waals surface area contributed by atoms with Crippen molar-refractivity contribution in [2.24, 2.45) is 5.73 Å². The van der Waals surface area contributed by atoms with E-state index in [1.54, 1.807) is 30.8 Å². The third kappa shape index (κ3) is 3.22. The lowest BCUT2D eigenvalue weighted by molar-refractivity contribution is 0.595. The molecule has 26 heavy (non-hydrogen) atoms. The molecule has 10 heteroatoms. The zero-order valence-corrected chi connectivity index (χ0v) is 17.7. The van der Waals surface area contributed by atoms with E-state index < -0.39 is 9.84 Å². The molecule has 0 aliphatic heterocycles. The zero-order valence-electron chi connectivity index (χ0n) is 13.7. The minimum Gasteiger partial charge on any atom is -0.383 e. The maximum Gasteiger partial charge on any atom is 0.208 e. The van der Waals surface area contributed by atoms with E-state index in [4.69, 9.17) is 11.1 Å². The van der Waals surface area contributed by atoms with Gasteiger partial charge in [0.25, 0.3) is 0 Å². The van der Waals surface area contributed by atoms with Crippen molar-refractivity contribution in [1.29, 1.82) is 5.41 Å². The monoisotopic (exact) mass is 470 g/mol. The molecule has 136 valence electrons. The highest BCUT2D eigenvalue weighted by Crippen LogP contribution is 2.38. The number of hydrogen-bond donors (Lipinski definition) is 2. The first-order valence-electron chi connectivity index (χ1n) is 7.32. The quantitative estimate of drug-likeness (QED) is 0.246. The second kappa shape index (κ2) is 7.18. The molecule has 2 heterocycles. The molecule has 0 amide bonds. The largest absolute Gasteiger partial charge is 0.383 e. The third-order valence-corrected chi connectivity index (χ3v) is 8.61. The minimum atomic E-state index is -3.77. The molecule has 0 saturated heterocycles. The number of imidazole rings is 1. The SMILES string of the molecule is C=CCn1cnc2cc(S(=O)(=O)c3cc(C(=N)N)sc3SC)cc(Br)c21. The van der Waals surface area contributed by atoms with Gasteiger partial charge in [0, 0.05) is 11.0 Å². The Morgan fingerprint density at radius 1 is 1.50 bits per heavy atom. The number of hydrogen-bond acceptors (Lipinski definition) is 6. The molecular weight excluding hydrogens is 456 g/mol. The number of allylic oxidation sites excluding steroid dienone is 1. The van der Waals surface area contributed by atoms with Gasteiger partial charge in [0.15, 0.2) is 0 Å². The maximum atomic E-state index is 13.2. The summed E-state index contributed by atoms with van der Waals surface area (Å²) in [4.78, 5) is 5.05. The molecule has 0 aliphatic rings. The number of benzene rings is 1. The lowest BCUT2D eigenvalue weighted by Crippen LogP contribution is -2.09. The Morgan fingerprint density at radius 3 is 2.85 bits per heavy atom. The summed E-state index contributed by atoms with van der Waals surface area (Å²) >= 11 is 5.98. The molecule has 0 fully saturated rings. The number of nitrogens with zero attached hydrogens (tertiary/aromatic N) is 2. The number of nitrogen functional groups attached to an aromatic ring is 1. The van der Waals surface area contributed by atoms with Crippen LogP contribution in [0.2, 0.25) is 0 Å². The third-order valence-electron chi connectivity index (χ3n) is 3.68. The molecule has 0 atom stereocenters. The molecular formula is C16H15BrN4O2S3. The number of sulfone groups is 1. The molecule has 6 nitrogen and oxygen atoms in total. The predicted molar refractivity (Wildman–Crippen MR) is 110 cm³/mol. The van der Waals surface area contributed by atoms with Crippen molar-refractivity contribution in [3.63, 3.8) is 0 Å². The molecule has 0 radical (unpaired) electrons.